The first-order chi connectivity index (χ1) is 13.7. The van der Waals surface area contributed by atoms with Crippen molar-refractivity contribution in [1.29, 1.82) is 0 Å². The van der Waals surface area contributed by atoms with Gasteiger partial charge in [-0.2, -0.15) is 5.10 Å². The van der Waals surface area contributed by atoms with Crippen molar-refractivity contribution >= 4 is 17.9 Å². The van der Waals surface area contributed by atoms with E-state index in [-0.39, 0.29) is 12.6 Å². The number of carboxylic acid groups (broad SMARTS) is 1. The topological polar surface area (TPSA) is 76.4 Å². The van der Waals surface area contributed by atoms with Gasteiger partial charge < -0.3 is 9.84 Å². The molecule has 0 fully saturated rings. The van der Waals surface area contributed by atoms with Gasteiger partial charge in [0.1, 0.15) is 18.0 Å². The number of hydrogen-bond acceptors (Lipinski definition) is 5. The number of nitrogens with one attached hydrogen (secondary N) is 1. The lowest BCUT2D eigenvalue weighted by Gasteiger charge is -2.23. The Morgan fingerprint density at radius 1 is 1.18 bits per heavy atom. The highest BCUT2D eigenvalue weighted by Gasteiger charge is 2.24. The Morgan fingerprint density at radius 2 is 1.93 bits per heavy atom. The van der Waals surface area contributed by atoms with E-state index in [1.165, 1.54) is 0 Å². The van der Waals surface area contributed by atoms with Gasteiger partial charge in [0.05, 0.1) is 6.20 Å². The van der Waals surface area contributed by atoms with Crippen molar-refractivity contribution in [1.82, 2.24) is 14.5 Å². The van der Waals surface area contributed by atoms with Crippen LogP contribution in [0.2, 0.25) is 0 Å². The van der Waals surface area contributed by atoms with Gasteiger partial charge >= 0.3 is 5.97 Å². The molecule has 3 aromatic rings. The number of benzene rings is 2. The number of aromatic nitrogens is 2. The average Bonchev–Trinajstić information content (AvgIpc) is 3.11. The molecule has 7 heteroatoms. The summed E-state index contributed by atoms with van der Waals surface area (Å²) < 4.78 is 10.9. The van der Waals surface area contributed by atoms with Crippen LogP contribution in [-0.4, -0.2) is 20.9 Å². The lowest BCUT2D eigenvalue weighted by molar-refractivity contribution is -0.137. The van der Waals surface area contributed by atoms with Crippen LogP contribution in [0.15, 0.2) is 65.7 Å². The number of nitrogens with zero attached hydrogens (tertiary/aromatic N) is 2. The normalized spacial score (nSPS) is 15.8. The molecule has 6 nitrogen and oxygen atoms in total. The minimum absolute atomic E-state index is 0.0852. The molecule has 1 atom stereocenters. The number of ether oxygens (including phenoxy) is 1. The Kier molecular flexibility index (Phi) is 5.64. The van der Waals surface area contributed by atoms with E-state index in [0.29, 0.717) is 0 Å². The number of carboxylic acids is 1. The Morgan fingerprint density at radius 3 is 2.68 bits per heavy atom. The third kappa shape index (κ3) is 4.37. The van der Waals surface area contributed by atoms with Crippen LogP contribution in [0.5, 0.6) is 11.5 Å². The van der Waals surface area contributed by atoms with Gasteiger partial charge in [0.2, 0.25) is 0 Å². The van der Waals surface area contributed by atoms with E-state index in [4.69, 9.17) is 9.84 Å². The van der Waals surface area contributed by atoms with Gasteiger partial charge in [-0.25, -0.2) is 0 Å². The molecule has 1 aliphatic carbocycles. The second-order valence-corrected chi connectivity index (χ2v) is 7.56. The highest BCUT2D eigenvalue weighted by Crippen LogP contribution is 2.33. The zero-order valence-electron chi connectivity index (χ0n) is 15.2. The molecule has 4 rings (SSSR count). The van der Waals surface area contributed by atoms with Crippen molar-refractivity contribution in [2.75, 3.05) is 0 Å². The number of para-hydroxylation sites is 1. The van der Waals surface area contributed by atoms with E-state index in [1.54, 1.807) is 22.8 Å². The zero-order valence-corrected chi connectivity index (χ0v) is 16.1. The minimum atomic E-state index is -0.867. The van der Waals surface area contributed by atoms with Gasteiger partial charge in [-0.1, -0.05) is 18.2 Å². The third-order valence-electron chi connectivity index (χ3n) is 4.67. The van der Waals surface area contributed by atoms with E-state index in [2.05, 4.69) is 9.82 Å². The number of fused-ring (bicyclic) bond motifs is 1. The van der Waals surface area contributed by atoms with Crippen molar-refractivity contribution in [2.45, 2.75) is 36.7 Å². The molecular weight excluding hydrogens is 374 g/mol. The standard InChI is InChI=1S/C21H21N3O3S/c25-21(26)14-24-20-8-4-7-19(18(20)13-22-24)23-28-17-11-9-16(10-12-17)27-15-5-2-1-3-6-15/h1-3,5-6,9-13,19,23H,4,7-8,14H2,(H,25,26). The van der Waals surface area contributed by atoms with Gasteiger partial charge in [0.25, 0.3) is 0 Å². The van der Waals surface area contributed by atoms with Crippen molar-refractivity contribution in [3.05, 3.63) is 72.1 Å². The van der Waals surface area contributed by atoms with Gasteiger partial charge in [-0.05, 0) is 67.6 Å². The van der Waals surface area contributed by atoms with Gasteiger partial charge in [0, 0.05) is 22.2 Å². The molecule has 1 aromatic heterocycles. The number of carbonyl (C=O) groups is 1. The fourth-order valence-electron chi connectivity index (χ4n) is 3.35. The molecule has 0 bridgehead atoms. The largest absolute Gasteiger partial charge is 0.480 e. The molecule has 1 heterocycles. The number of rotatable bonds is 7. The summed E-state index contributed by atoms with van der Waals surface area (Å²) in [5, 5.41) is 13.3. The van der Waals surface area contributed by atoms with Crippen molar-refractivity contribution in [3.8, 4) is 11.5 Å². The molecule has 1 aliphatic rings. The highest BCUT2D eigenvalue weighted by molar-refractivity contribution is 7.97. The van der Waals surface area contributed by atoms with E-state index in [0.717, 1.165) is 46.9 Å². The third-order valence-corrected chi connectivity index (χ3v) is 5.58. The highest BCUT2D eigenvalue weighted by atomic mass is 32.2. The van der Waals surface area contributed by atoms with Crippen molar-refractivity contribution in [3.63, 3.8) is 0 Å². The fourth-order valence-corrected chi connectivity index (χ4v) is 4.14. The lowest BCUT2D eigenvalue weighted by Crippen LogP contribution is -2.21. The number of aliphatic carboxylic acids is 1. The maximum Gasteiger partial charge on any atom is 0.325 e. The van der Waals surface area contributed by atoms with Crippen molar-refractivity contribution in [2.24, 2.45) is 0 Å². The Labute approximate surface area is 167 Å². The summed E-state index contributed by atoms with van der Waals surface area (Å²) in [6.45, 7) is -0.0852. The van der Waals surface area contributed by atoms with Crippen LogP contribution in [0.4, 0.5) is 0 Å². The van der Waals surface area contributed by atoms with Crippen LogP contribution in [0.3, 0.4) is 0 Å². The molecule has 0 amide bonds. The SMILES string of the molecule is O=C(O)Cn1ncc2c1CCCC2NSc1ccc(Oc2ccccc2)cc1. The van der Waals surface area contributed by atoms with Crippen LogP contribution < -0.4 is 9.46 Å². The summed E-state index contributed by atoms with van der Waals surface area (Å²) in [7, 11) is 0. The molecule has 2 N–H and O–H groups in total. The van der Waals surface area contributed by atoms with Gasteiger partial charge in [-0.15, -0.1) is 0 Å². The summed E-state index contributed by atoms with van der Waals surface area (Å²) >= 11 is 1.57. The molecule has 28 heavy (non-hydrogen) atoms. The molecule has 0 spiro atoms. The molecule has 0 aliphatic heterocycles. The summed E-state index contributed by atoms with van der Waals surface area (Å²) in [4.78, 5) is 12.1. The predicted molar refractivity (Wildman–Crippen MR) is 107 cm³/mol. The summed E-state index contributed by atoms with van der Waals surface area (Å²) in [5.74, 6) is 0.743. The Hall–Kier alpha value is -2.77. The van der Waals surface area contributed by atoms with Gasteiger partial charge in [-0.3, -0.25) is 14.2 Å². The zero-order chi connectivity index (χ0) is 19.3. The molecular formula is C21H21N3O3S. The smallest absolute Gasteiger partial charge is 0.325 e. The first-order valence-electron chi connectivity index (χ1n) is 9.21. The van der Waals surface area contributed by atoms with Crippen LogP contribution in [0.25, 0.3) is 0 Å². The summed E-state index contributed by atoms with van der Waals surface area (Å²) in [6, 6.07) is 17.8. The molecule has 0 radical (unpaired) electrons. The predicted octanol–water partition coefficient (Wildman–Crippen LogP) is 4.43. The first-order valence-corrected chi connectivity index (χ1v) is 10.0. The van der Waals surface area contributed by atoms with E-state index < -0.39 is 5.97 Å². The molecule has 2 aromatic carbocycles. The molecule has 1 unspecified atom stereocenters. The Balaban J connectivity index is 1.38. The molecule has 0 saturated heterocycles. The van der Waals surface area contributed by atoms with Crippen LogP contribution in [0, 0.1) is 0 Å². The van der Waals surface area contributed by atoms with E-state index in [9.17, 15) is 4.79 Å². The summed E-state index contributed by atoms with van der Waals surface area (Å²) in [5.41, 5.74) is 2.13. The molecule has 0 saturated carbocycles. The quantitative estimate of drug-likeness (QED) is 0.576. The second-order valence-electron chi connectivity index (χ2n) is 6.65. The maximum absolute atomic E-state index is 11.0. The minimum Gasteiger partial charge on any atom is -0.480 e. The average molecular weight is 395 g/mol. The van der Waals surface area contributed by atoms with Crippen molar-refractivity contribution < 1.29 is 14.6 Å². The van der Waals surface area contributed by atoms with Crippen LogP contribution >= 0.6 is 11.9 Å². The first kappa shape index (κ1) is 18.6. The van der Waals surface area contributed by atoms with Gasteiger partial charge in [0.15, 0.2) is 0 Å². The van der Waals surface area contributed by atoms with Crippen LogP contribution in [0.1, 0.15) is 30.1 Å². The maximum atomic E-state index is 11.0. The molecule has 144 valence electrons. The monoisotopic (exact) mass is 395 g/mol. The number of hydrogen-bond donors (Lipinski definition) is 2. The van der Waals surface area contributed by atoms with Crippen LogP contribution in [-0.2, 0) is 17.8 Å². The second kappa shape index (κ2) is 8.50. The fraction of sp³-hybridized carbons (Fsp3) is 0.238. The van der Waals surface area contributed by atoms with E-state index in [1.807, 2.05) is 54.6 Å². The summed E-state index contributed by atoms with van der Waals surface area (Å²) in [6.07, 6.45) is 4.69. The lowest BCUT2D eigenvalue weighted by atomic mass is 9.94. The van der Waals surface area contributed by atoms with E-state index >= 15 is 0 Å². The Bertz CT molecular complexity index is 941.